The maximum absolute atomic E-state index is 9.03. The summed E-state index contributed by atoms with van der Waals surface area (Å²) in [6.07, 6.45) is 6.68. The van der Waals surface area contributed by atoms with Crippen molar-refractivity contribution in [3.05, 3.63) is 0 Å². The molecule has 1 unspecified atom stereocenters. The number of nitriles is 1. The summed E-state index contributed by atoms with van der Waals surface area (Å²) in [5, 5.41) is 12.3. The Hall–Kier alpha value is -0.590. The van der Waals surface area contributed by atoms with E-state index >= 15 is 0 Å². The summed E-state index contributed by atoms with van der Waals surface area (Å²) < 4.78 is 0. The van der Waals surface area contributed by atoms with Gasteiger partial charge in [-0.2, -0.15) is 5.26 Å². The maximum atomic E-state index is 9.03. The first-order valence-corrected chi connectivity index (χ1v) is 7.17. The van der Waals surface area contributed by atoms with Gasteiger partial charge in [0.2, 0.25) is 0 Å². The number of hydrogen-bond acceptors (Lipinski definition) is 3. The first kappa shape index (κ1) is 12.9. The van der Waals surface area contributed by atoms with Crippen LogP contribution in [0.5, 0.6) is 0 Å². The SMILES string of the molecule is CCNC(C#N)CCN(CC1CC1)CC1CC1. The van der Waals surface area contributed by atoms with Crippen LogP contribution >= 0.6 is 0 Å². The van der Waals surface area contributed by atoms with Crippen LogP contribution in [0.15, 0.2) is 0 Å². The van der Waals surface area contributed by atoms with Crippen LogP contribution < -0.4 is 5.32 Å². The zero-order valence-electron chi connectivity index (χ0n) is 11.0. The van der Waals surface area contributed by atoms with Crippen LogP contribution in [0.25, 0.3) is 0 Å². The van der Waals surface area contributed by atoms with Crippen molar-refractivity contribution in [2.24, 2.45) is 11.8 Å². The Balaban J connectivity index is 1.68. The van der Waals surface area contributed by atoms with Crippen molar-refractivity contribution in [2.75, 3.05) is 26.2 Å². The minimum absolute atomic E-state index is 0.0425. The van der Waals surface area contributed by atoms with Crippen LogP contribution in [-0.4, -0.2) is 37.1 Å². The molecule has 2 rings (SSSR count). The predicted octanol–water partition coefficient (Wildman–Crippen LogP) is 2.00. The Morgan fingerprint density at radius 3 is 2.24 bits per heavy atom. The van der Waals surface area contributed by atoms with Gasteiger partial charge in [-0.1, -0.05) is 6.92 Å². The molecule has 0 aromatic heterocycles. The molecule has 96 valence electrons. The number of hydrogen-bond donors (Lipinski definition) is 1. The van der Waals surface area contributed by atoms with E-state index in [0.717, 1.165) is 31.3 Å². The topological polar surface area (TPSA) is 39.1 Å². The van der Waals surface area contributed by atoms with E-state index in [1.54, 1.807) is 0 Å². The molecule has 1 N–H and O–H groups in total. The van der Waals surface area contributed by atoms with Crippen molar-refractivity contribution in [3.63, 3.8) is 0 Å². The molecule has 0 aromatic carbocycles. The fourth-order valence-corrected chi connectivity index (χ4v) is 2.36. The monoisotopic (exact) mass is 235 g/mol. The normalized spacial score (nSPS) is 21.5. The van der Waals surface area contributed by atoms with Gasteiger partial charge in [0.25, 0.3) is 0 Å². The molecule has 3 nitrogen and oxygen atoms in total. The highest BCUT2D eigenvalue weighted by atomic mass is 15.1. The van der Waals surface area contributed by atoms with E-state index in [0.29, 0.717) is 0 Å². The zero-order chi connectivity index (χ0) is 12.1. The molecule has 0 radical (unpaired) electrons. The molecule has 2 aliphatic rings. The molecular weight excluding hydrogens is 210 g/mol. The second-order valence-electron chi connectivity index (χ2n) is 5.67. The largest absolute Gasteiger partial charge is 0.303 e. The molecule has 0 bridgehead atoms. The Labute approximate surface area is 105 Å². The van der Waals surface area contributed by atoms with E-state index in [1.807, 2.05) is 0 Å². The first-order valence-electron chi connectivity index (χ1n) is 7.17. The molecule has 0 aliphatic heterocycles. The number of nitrogens with one attached hydrogen (secondary N) is 1. The Morgan fingerprint density at radius 2 is 1.82 bits per heavy atom. The van der Waals surface area contributed by atoms with Crippen LogP contribution in [0, 0.1) is 23.2 Å². The Kier molecular flexibility index (Phi) is 4.82. The van der Waals surface area contributed by atoms with E-state index < -0.39 is 0 Å². The lowest BCUT2D eigenvalue weighted by molar-refractivity contribution is 0.243. The minimum atomic E-state index is 0.0425. The molecule has 3 heteroatoms. The first-order chi connectivity index (χ1) is 8.31. The summed E-state index contributed by atoms with van der Waals surface area (Å²) in [4.78, 5) is 2.61. The molecule has 0 spiro atoms. The van der Waals surface area contributed by atoms with Gasteiger partial charge in [0.1, 0.15) is 0 Å². The summed E-state index contributed by atoms with van der Waals surface area (Å²) >= 11 is 0. The van der Waals surface area contributed by atoms with Gasteiger partial charge in [0, 0.05) is 19.6 Å². The third kappa shape index (κ3) is 5.06. The highest BCUT2D eigenvalue weighted by Gasteiger charge is 2.29. The summed E-state index contributed by atoms with van der Waals surface area (Å²) in [6, 6.07) is 2.40. The molecular formula is C14H25N3. The van der Waals surface area contributed by atoms with Crippen molar-refractivity contribution in [1.29, 1.82) is 5.26 Å². The summed E-state index contributed by atoms with van der Waals surface area (Å²) in [5.41, 5.74) is 0. The molecule has 2 saturated carbocycles. The molecule has 17 heavy (non-hydrogen) atoms. The molecule has 1 atom stereocenters. The quantitative estimate of drug-likeness (QED) is 0.664. The van der Waals surface area contributed by atoms with E-state index in [9.17, 15) is 0 Å². The smallest absolute Gasteiger partial charge is 0.0965 e. The summed E-state index contributed by atoms with van der Waals surface area (Å²) in [7, 11) is 0. The highest BCUT2D eigenvalue weighted by Crippen LogP contribution is 2.33. The molecule has 2 fully saturated rings. The van der Waals surface area contributed by atoms with Gasteiger partial charge in [-0.25, -0.2) is 0 Å². The van der Waals surface area contributed by atoms with Crippen molar-refractivity contribution in [1.82, 2.24) is 10.2 Å². The van der Waals surface area contributed by atoms with Gasteiger partial charge in [0.05, 0.1) is 12.1 Å². The maximum Gasteiger partial charge on any atom is 0.0965 e. The fourth-order valence-electron chi connectivity index (χ4n) is 2.36. The standard InChI is InChI=1S/C14H25N3/c1-2-16-14(9-15)7-8-17(10-12-3-4-12)11-13-5-6-13/h12-14,16H,2-8,10-11H2,1H3. The van der Waals surface area contributed by atoms with Crippen molar-refractivity contribution in [2.45, 2.75) is 45.1 Å². The second kappa shape index (κ2) is 6.37. The lowest BCUT2D eigenvalue weighted by Crippen LogP contribution is -2.35. The van der Waals surface area contributed by atoms with Crippen LogP contribution in [-0.2, 0) is 0 Å². The number of nitrogens with zero attached hydrogens (tertiary/aromatic N) is 2. The van der Waals surface area contributed by atoms with Gasteiger partial charge < -0.3 is 10.2 Å². The molecule has 0 heterocycles. The van der Waals surface area contributed by atoms with E-state index in [2.05, 4.69) is 23.2 Å². The lowest BCUT2D eigenvalue weighted by Gasteiger charge is -2.23. The number of rotatable bonds is 9. The molecule has 0 saturated heterocycles. The Morgan fingerprint density at radius 1 is 1.24 bits per heavy atom. The second-order valence-corrected chi connectivity index (χ2v) is 5.67. The van der Waals surface area contributed by atoms with Gasteiger partial charge in [-0.3, -0.25) is 0 Å². The predicted molar refractivity (Wildman–Crippen MR) is 69.6 cm³/mol. The van der Waals surface area contributed by atoms with Crippen LogP contribution in [0.2, 0.25) is 0 Å². The third-order valence-corrected chi connectivity index (χ3v) is 3.77. The zero-order valence-corrected chi connectivity index (χ0v) is 11.0. The minimum Gasteiger partial charge on any atom is -0.303 e. The van der Waals surface area contributed by atoms with Crippen LogP contribution in [0.3, 0.4) is 0 Å². The van der Waals surface area contributed by atoms with E-state index in [4.69, 9.17) is 5.26 Å². The highest BCUT2D eigenvalue weighted by molar-refractivity contribution is 4.91. The van der Waals surface area contributed by atoms with Gasteiger partial charge in [-0.05, 0) is 50.5 Å². The molecule has 2 aliphatic carbocycles. The Bertz CT molecular complexity index is 249. The van der Waals surface area contributed by atoms with Crippen LogP contribution in [0.4, 0.5) is 0 Å². The summed E-state index contributed by atoms with van der Waals surface area (Å²) in [6.45, 7) is 6.61. The average molecular weight is 235 g/mol. The van der Waals surface area contributed by atoms with Crippen molar-refractivity contribution in [3.8, 4) is 6.07 Å². The van der Waals surface area contributed by atoms with E-state index in [-0.39, 0.29) is 6.04 Å². The molecule has 0 aromatic rings. The van der Waals surface area contributed by atoms with Crippen LogP contribution in [0.1, 0.15) is 39.0 Å². The van der Waals surface area contributed by atoms with Crippen molar-refractivity contribution < 1.29 is 0 Å². The lowest BCUT2D eigenvalue weighted by atomic mass is 10.2. The van der Waals surface area contributed by atoms with Gasteiger partial charge >= 0.3 is 0 Å². The third-order valence-electron chi connectivity index (χ3n) is 3.77. The van der Waals surface area contributed by atoms with Gasteiger partial charge in [-0.15, -0.1) is 0 Å². The average Bonchev–Trinajstić information content (AvgIpc) is 3.19. The molecule has 0 amide bonds. The fraction of sp³-hybridized carbons (Fsp3) is 0.929. The summed E-state index contributed by atoms with van der Waals surface area (Å²) in [5.74, 6) is 1.93. The van der Waals surface area contributed by atoms with E-state index in [1.165, 1.54) is 38.8 Å². The van der Waals surface area contributed by atoms with Crippen molar-refractivity contribution >= 4 is 0 Å². The van der Waals surface area contributed by atoms with Gasteiger partial charge in [0.15, 0.2) is 0 Å².